The Bertz CT molecular complexity index is 573. The molecule has 0 fully saturated rings. The molecule has 0 spiro atoms. The molecule has 0 bridgehead atoms. The Kier molecular flexibility index (Phi) is 5.75. The van der Waals surface area contributed by atoms with Crippen LogP contribution >= 0.6 is 35.0 Å². The van der Waals surface area contributed by atoms with E-state index in [1.54, 1.807) is 11.8 Å². The van der Waals surface area contributed by atoms with Crippen LogP contribution in [-0.4, -0.2) is 6.26 Å². The summed E-state index contributed by atoms with van der Waals surface area (Å²) >= 11 is 13.7. The standard InChI is InChI=1S/C15H16Cl2N2S/c1-20-12-5-3-11(4-6-12)15(19-18)9-10-2-7-13(16)14(17)8-10/h2-8,15,19H,9,18H2,1H3. The number of hydrazine groups is 1. The Morgan fingerprint density at radius 3 is 2.35 bits per heavy atom. The summed E-state index contributed by atoms with van der Waals surface area (Å²) < 4.78 is 0. The Balaban J connectivity index is 2.16. The third kappa shape index (κ3) is 3.90. The van der Waals surface area contributed by atoms with E-state index < -0.39 is 0 Å². The van der Waals surface area contributed by atoms with E-state index in [2.05, 4.69) is 35.9 Å². The minimum atomic E-state index is 0.0446. The molecule has 2 nitrogen and oxygen atoms in total. The molecule has 0 saturated carbocycles. The highest BCUT2D eigenvalue weighted by Crippen LogP contribution is 2.26. The number of rotatable bonds is 5. The molecule has 3 N–H and O–H groups in total. The van der Waals surface area contributed by atoms with Crippen LogP contribution < -0.4 is 11.3 Å². The molecule has 2 aromatic rings. The molecule has 0 amide bonds. The van der Waals surface area contributed by atoms with E-state index in [1.165, 1.54) is 4.90 Å². The van der Waals surface area contributed by atoms with Crippen molar-refractivity contribution >= 4 is 35.0 Å². The van der Waals surface area contributed by atoms with Crippen molar-refractivity contribution in [3.63, 3.8) is 0 Å². The van der Waals surface area contributed by atoms with E-state index in [4.69, 9.17) is 29.0 Å². The summed E-state index contributed by atoms with van der Waals surface area (Å²) in [5.74, 6) is 5.68. The first-order chi connectivity index (χ1) is 9.63. The molecule has 2 aromatic carbocycles. The highest BCUT2D eigenvalue weighted by Gasteiger charge is 2.11. The summed E-state index contributed by atoms with van der Waals surface area (Å²) in [4.78, 5) is 1.24. The van der Waals surface area contributed by atoms with Gasteiger partial charge in [0.25, 0.3) is 0 Å². The lowest BCUT2D eigenvalue weighted by Gasteiger charge is -2.17. The number of hydrogen-bond donors (Lipinski definition) is 2. The van der Waals surface area contributed by atoms with Crippen molar-refractivity contribution in [3.8, 4) is 0 Å². The summed E-state index contributed by atoms with van der Waals surface area (Å²) in [6, 6.07) is 14.1. The van der Waals surface area contributed by atoms with Crippen LogP contribution in [0.1, 0.15) is 17.2 Å². The van der Waals surface area contributed by atoms with Gasteiger partial charge in [0.05, 0.1) is 10.0 Å². The van der Waals surface area contributed by atoms with Gasteiger partial charge in [-0.05, 0) is 48.1 Å². The maximum absolute atomic E-state index is 6.04. The Labute approximate surface area is 133 Å². The molecule has 0 aliphatic rings. The zero-order chi connectivity index (χ0) is 14.5. The van der Waals surface area contributed by atoms with E-state index in [0.717, 1.165) is 17.5 Å². The maximum Gasteiger partial charge on any atom is 0.0595 e. The summed E-state index contributed by atoms with van der Waals surface area (Å²) in [6.07, 6.45) is 2.81. The van der Waals surface area contributed by atoms with Crippen LogP contribution in [-0.2, 0) is 6.42 Å². The SMILES string of the molecule is CSc1ccc(C(Cc2ccc(Cl)c(Cl)c2)NN)cc1. The van der Waals surface area contributed by atoms with Crippen molar-refractivity contribution < 1.29 is 0 Å². The lowest BCUT2D eigenvalue weighted by atomic mass is 9.99. The molecule has 1 atom stereocenters. The fourth-order valence-electron chi connectivity index (χ4n) is 2.01. The Morgan fingerprint density at radius 2 is 1.80 bits per heavy atom. The van der Waals surface area contributed by atoms with Crippen molar-refractivity contribution in [2.24, 2.45) is 5.84 Å². The van der Waals surface area contributed by atoms with Crippen LogP contribution in [0.15, 0.2) is 47.4 Å². The Morgan fingerprint density at radius 1 is 1.10 bits per heavy atom. The average Bonchev–Trinajstić information content (AvgIpc) is 2.48. The highest BCUT2D eigenvalue weighted by atomic mass is 35.5. The number of nitrogens with two attached hydrogens (primary N) is 1. The predicted octanol–water partition coefficient (Wildman–Crippen LogP) is 4.46. The van der Waals surface area contributed by atoms with E-state index in [0.29, 0.717) is 10.0 Å². The van der Waals surface area contributed by atoms with Crippen molar-refractivity contribution in [2.75, 3.05) is 6.26 Å². The van der Waals surface area contributed by atoms with Gasteiger partial charge in [-0.15, -0.1) is 11.8 Å². The Hall–Kier alpha value is -0.710. The lowest BCUT2D eigenvalue weighted by Crippen LogP contribution is -2.29. The van der Waals surface area contributed by atoms with Crippen LogP contribution in [0.5, 0.6) is 0 Å². The third-order valence-electron chi connectivity index (χ3n) is 3.14. The van der Waals surface area contributed by atoms with Gasteiger partial charge in [-0.1, -0.05) is 41.4 Å². The minimum Gasteiger partial charge on any atom is -0.271 e. The first-order valence-electron chi connectivity index (χ1n) is 6.18. The number of benzene rings is 2. The molecule has 0 saturated heterocycles. The van der Waals surface area contributed by atoms with E-state index in [1.807, 2.05) is 18.2 Å². The number of thioether (sulfide) groups is 1. The van der Waals surface area contributed by atoms with Gasteiger partial charge in [0.2, 0.25) is 0 Å². The summed E-state index contributed by atoms with van der Waals surface area (Å²) in [5.41, 5.74) is 5.10. The third-order valence-corrected chi connectivity index (χ3v) is 4.63. The topological polar surface area (TPSA) is 38.0 Å². The molecule has 5 heteroatoms. The molecule has 0 aliphatic carbocycles. The van der Waals surface area contributed by atoms with Gasteiger partial charge in [-0.3, -0.25) is 11.3 Å². The fourth-order valence-corrected chi connectivity index (χ4v) is 2.74. The number of nitrogens with one attached hydrogen (secondary N) is 1. The van der Waals surface area contributed by atoms with Gasteiger partial charge in [0.15, 0.2) is 0 Å². The molecular weight excluding hydrogens is 311 g/mol. The number of hydrogen-bond acceptors (Lipinski definition) is 3. The second-order valence-corrected chi connectivity index (χ2v) is 6.14. The normalized spacial score (nSPS) is 12.4. The van der Waals surface area contributed by atoms with Crippen LogP contribution in [0, 0.1) is 0 Å². The summed E-state index contributed by atoms with van der Waals surface area (Å²) in [7, 11) is 0. The molecule has 1 unspecified atom stereocenters. The second kappa shape index (κ2) is 7.34. The van der Waals surface area contributed by atoms with Crippen molar-refractivity contribution in [1.82, 2.24) is 5.43 Å². The van der Waals surface area contributed by atoms with Crippen LogP contribution in [0.4, 0.5) is 0 Å². The van der Waals surface area contributed by atoms with E-state index >= 15 is 0 Å². The first-order valence-corrected chi connectivity index (χ1v) is 8.16. The smallest absolute Gasteiger partial charge is 0.0595 e. The molecule has 0 aliphatic heterocycles. The van der Waals surface area contributed by atoms with Gasteiger partial charge in [0.1, 0.15) is 0 Å². The van der Waals surface area contributed by atoms with Gasteiger partial charge in [0, 0.05) is 10.9 Å². The molecule has 20 heavy (non-hydrogen) atoms. The van der Waals surface area contributed by atoms with Crippen LogP contribution in [0.3, 0.4) is 0 Å². The fraction of sp³-hybridized carbons (Fsp3) is 0.200. The van der Waals surface area contributed by atoms with Gasteiger partial charge in [-0.2, -0.15) is 0 Å². The first kappa shape index (κ1) is 15.7. The minimum absolute atomic E-state index is 0.0446. The van der Waals surface area contributed by atoms with E-state index in [-0.39, 0.29) is 6.04 Å². The average molecular weight is 327 g/mol. The summed E-state index contributed by atoms with van der Waals surface area (Å²) in [6.45, 7) is 0. The predicted molar refractivity (Wildman–Crippen MR) is 88.5 cm³/mol. The quantitative estimate of drug-likeness (QED) is 0.484. The molecule has 0 radical (unpaired) electrons. The maximum atomic E-state index is 6.04. The van der Waals surface area contributed by atoms with Gasteiger partial charge >= 0.3 is 0 Å². The summed E-state index contributed by atoms with van der Waals surface area (Å²) in [5, 5.41) is 1.13. The number of halogens is 2. The lowest BCUT2D eigenvalue weighted by molar-refractivity contribution is 0.551. The van der Waals surface area contributed by atoms with Crippen LogP contribution in [0.2, 0.25) is 10.0 Å². The largest absolute Gasteiger partial charge is 0.271 e. The zero-order valence-corrected chi connectivity index (χ0v) is 13.4. The van der Waals surface area contributed by atoms with Gasteiger partial charge < -0.3 is 0 Å². The monoisotopic (exact) mass is 326 g/mol. The van der Waals surface area contributed by atoms with Crippen molar-refractivity contribution in [2.45, 2.75) is 17.4 Å². The second-order valence-electron chi connectivity index (χ2n) is 4.44. The van der Waals surface area contributed by atoms with Crippen molar-refractivity contribution in [1.29, 1.82) is 0 Å². The zero-order valence-electron chi connectivity index (χ0n) is 11.1. The molecular formula is C15H16Cl2N2S. The highest BCUT2D eigenvalue weighted by molar-refractivity contribution is 7.98. The molecule has 0 aromatic heterocycles. The molecule has 0 heterocycles. The van der Waals surface area contributed by atoms with Crippen molar-refractivity contribution in [3.05, 3.63) is 63.6 Å². The molecule has 2 rings (SSSR count). The van der Waals surface area contributed by atoms with Gasteiger partial charge in [-0.25, -0.2) is 0 Å². The van der Waals surface area contributed by atoms with Crippen LogP contribution in [0.25, 0.3) is 0 Å². The molecule has 106 valence electrons. The van der Waals surface area contributed by atoms with E-state index in [9.17, 15) is 0 Å².